The van der Waals surface area contributed by atoms with Gasteiger partial charge in [-0.3, -0.25) is 9.69 Å². The average molecular weight is 418 g/mol. The molecule has 0 radical (unpaired) electrons. The van der Waals surface area contributed by atoms with Crippen molar-refractivity contribution in [1.82, 2.24) is 9.80 Å². The minimum Gasteiger partial charge on any atom is -0.507 e. The Bertz CT molecular complexity index is 1120. The minimum atomic E-state index is -4.87. The zero-order chi connectivity index (χ0) is 21.5. The fourth-order valence-corrected chi connectivity index (χ4v) is 3.75. The van der Waals surface area contributed by atoms with Crippen molar-refractivity contribution in [2.24, 2.45) is 0 Å². The first kappa shape index (κ1) is 20.4. The van der Waals surface area contributed by atoms with Crippen LogP contribution < -0.4 is 5.43 Å². The SMILES string of the molecule is CN1CCN(Cc2c(O)ccc3c(=O)c(-c4ccccc4)c(C(F)(F)F)oc23)CC1. The molecule has 0 unspecified atom stereocenters. The normalized spacial score (nSPS) is 16.3. The number of alkyl halides is 3. The monoisotopic (exact) mass is 418 g/mol. The molecule has 158 valence electrons. The lowest BCUT2D eigenvalue weighted by Crippen LogP contribution is -2.43. The maximum absolute atomic E-state index is 13.9. The number of likely N-dealkylation sites (N-methyl/N-ethyl adjacent to an activating group) is 1. The summed E-state index contributed by atoms with van der Waals surface area (Å²) in [5.74, 6) is -1.54. The van der Waals surface area contributed by atoms with E-state index < -0.39 is 22.9 Å². The highest BCUT2D eigenvalue weighted by Gasteiger charge is 2.39. The number of phenolic OH excluding ortho intramolecular Hbond substituents is 1. The molecule has 0 amide bonds. The van der Waals surface area contributed by atoms with Crippen LogP contribution in [0.3, 0.4) is 0 Å². The number of fused-ring (bicyclic) bond motifs is 1. The third kappa shape index (κ3) is 3.80. The Labute approximate surface area is 170 Å². The summed E-state index contributed by atoms with van der Waals surface area (Å²) in [6, 6.07) is 10.3. The molecule has 2 heterocycles. The van der Waals surface area contributed by atoms with Crippen LogP contribution in [-0.4, -0.2) is 48.1 Å². The lowest BCUT2D eigenvalue weighted by Gasteiger charge is -2.32. The van der Waals surface area contributed by atoms with Gasteiger partial charge in [-0.25, -0.2) is 0 Å². The Morgan fingerprint density at radius 3 is 2.33 bits per heavy atom. The molecule has 4 rings (SSSR count). The van der Waals surface area contributed by atoms with Gasteiger partial charge in [-0.05, 0) is 24.7 Å². The number of piperazine rings is 1. The molecule has 5 nitrogen and oxygen atoms in total. The van der Waals surface area contributed by atoms with Gasteiger partial charge < -0.3 is 14.4 Å². The lowest BCUT2D eigenvalue weighted by atomic mass is 10.00. The molecule has 1 aromatic heterocycles. The molecule has 8 heteroatoms. The third-order valence-corrected chi connectivity index (χ3v) is 5.44. The molecule has 0 aliphatic carbocycles. The molecule has 1 saturated heterocycles. The van der Waals surface area contributed by atoms with Gasteiger partial charge in [0.25, 0.3) is 0 Å². The van der Waals surface area contributed by atoms with Crippen LogP contribution in [0.1, 0.15) is 11.3 Å². The number of hydrogen-bond donors (Lipinski definition) is 1. The number of nitrogens with zero attached hydrogens (tertiary/aromatic N) is 2. The van der Waals surface area contributed by atoms with Crippen molar-refractivity contribution in [2.45, 2.75) is 12.7 Å². The molecular formula is C22H21F3N2O3. The Balaban J connectivity index is 1.92. The molecule has 1 fully saturated rings. The van der Waals surface area contributed by atoms with E-state index in [0.717, 1.165) is 13.1 Å². The Morgan fingerprint density at radius 1 is 1.03 bits per heavy atom. The second kappa shape index (κ2) is 7.77. The number of hydrogen-bond acceptors (Lipinski definition) is 5. The van der Waals surface area contributed by atoms with Crippen molar-refractivity contribution in [3.8, 4) is 16.9 Å². The van der Waals surface area contributed by atoms with E-state index >= 15 is 0 Å². The summed E-state index contributed by atoms with van der Waals surface area (Å²) in [6.45, 7) is 3.21. The Kier molecular flexibility index (Phi) is 5.29. The zero-order valence-electron chi connectivity index (χ0n) is 16.4. The summed E-state index contributed by atoms with van der Waals surface area (Å²) >= 11 is 0. The second-order valence-corrected chi connectivity index (χ2v) is 7.52. The summed E-state index contributed by atoms with van der Waals surface area (Å²) in [7, 11) is 1.99. The number of halogens is 3. The summed E-state index contributed by atoms with van der Waals surface area (Å²) in [5.41, 5.74) is -1.18. The third-order valence-electron chi connectivity index (χ3n) is 5.44. The van der Waals surface area contributed by atoms with Crippen LogP contribution >= 0.6 is 0 Å². The molecule has 1 aliphatic heterocycles. The van der Waals surface area contributed by atoms with E-state index in [1.54, 1.807) is 18.2 Å². The van der Waals surface area contributed by atoms with Crippen molar-refractivity contribution in [2.75, 3.05) is 33.2 Å². The van der Waals surface area contributed by atoms with Gasteiger partial charge in [0.1, 0.15) is 11.3 Å². The first-order valence-corrected chi connectivity index (χ1v) is 9.61. The van der Waals surface area contributed by atoms with Gasteiger partial charge in [-0.2, -0.15) is 13.2 Å². The predicted octanol–water partition coefficient (Wildman–Crippen LogP) is 3.93. The van der Waals surface area contributed by atoms with Crippen molar-refractivity contribution in [3.63, 3.8) is 0 Å². The molecule has 3 aromatic rings. The molecule has 2 aromatic carbocycles. The molecule has 0 atom stereocenters. The highest BCUT2D eigenvalue weighted by atomic mass is 19.4. The maximum Gasteiger partial charge on any atom is 0.450 e. The van der Waals surface area contributed by atoms with E-state index in [-0.39, 0.29) is 34.4 Å². The first-order valence-electron chi connectivity index (χ1n) is 9.61. The quantitative estimate of drug-likeness (QED) is 0.699. The zero-order valence-corrected chi connectivity index (χ0v) is 16.4. The van der Waals surface area contributed by atoms with Crippen LogP contribution in [0, 0.1) is 0 Å². The standard InChI is InChI=1S/C22H21F3N2O3/c1-26-9-11-27(12-10-26)13-16-17(28)8-7-15-19(29)18(14-5-3-2-4-6-14)21(22(23,24)25)30-20(15)16/h2-8,28H,9-13H2,1H3. The summed E-state index contributed by atoms with van der Waals surface area (Å²) in [5, 5.41) is 10.4. The van der Waals surface area contributed by atoms with Crippen LogP contribution in [0.5, 0.6) is 5.75 Å². The minimum absolute atomic E-state index is 0.0174. The van der Waals surface area contributed by atoms with Gasteiger partial charge in [0.05, 0.1) is 16.5 Å². The highest BCUT2D eigenvalue weighted by Crippen LogP contribution is 2.39. The number of phenols is 1. The molecular weight excluding hydrogens is 397 g/mol. The van der Waals surface area contributed by atoms with Crippen molar-refractivity contribution in [3.05, 3.63) is 64.0 Å². The van der Waals surface area contributed by atoms with Gasteiger partial charge in [0.2, 0.25) is 11.2 Å². The Morgan fingerprint density at radius 2 is 1.70 bits per heavy atom. The van der Waals surface area contributed by atoms with Crippen LogP contribution in [0.4, 0.5) is 13.2 Å². The van der Waals surface area contributed by atoms with Crippen LogP contribution in [0.2, 0.25) is 0 Å². The van der Waals surface area contributed by atoms with Crippen molar-refractivity contribution < 1.29 is 22.7 Å². The topological polar surface area (TPSA) is 56.9 Å². The van der Waals surface area contributed by atoms with Gasteiger partial charge in [0.15, 0.2) is 0 Å². The molecule has 0 bridgehead atoms. The summed E-state index contributed by atoms with van der Waals surface area (Å²) in [4.78, 5) is 17.3. The number of aromatic hydroxyl groups is 1. The molecule has 0 saturated carbocycles. The van der Waals surface area contributed by atoms with Crippen LogP contribution in [0.25, 0.3) is 22.1 Å². The van der Waals surface area contributed by atoms with E-state index in [2.05, 4.69) is 4.90 Å². The highest BCUT2D eigenvalue weighted by molar-refractivity contribution is 5.86. The van der Waals surface area contributed by atoms with E-state index in [1.807, 2.05) is 11.9 Å². The van der Waals surface area contributed by atoms with Crippen LogP contribution in [-0.2, 0) is 12.7 Å². The number of rotatable bonds is 3. The predicted molar refractivity (Wildman–Crippen MR) is 107 cm³/mol. The summed E-state index contributed by atoms with van der Waals surface area (Å²) in [6.07, 6.45) is -4.87. The van der Waals surface area contributed by atoms with Crippen molar-refractivity contribution in [1.29, 1.82) is 0 Å². The second-order valence-electron chi connectivity index (χ2n) is 7.52. The van der Waals surface area contributed by atoms with Gasteiger partial charge in [-0.15, -0.1) is 0 Å². The van der Waals surface area contributed by atoms with E-state index in [0.29, 0.717) is 13.1 Å². The van der Waals surface area contributed by atoms with Crippen molar-refractivity contribution >= 4 is 11.0 Å². The fraction of sp³-hybridized carbons (Fsp3) is 0.318. The van der Waals surface area contributed by atoms with Gasteiger partial charge in [-0.1, -0.05) is 30.3 Å². The molecule has 1 aliphatic rings. The molecule has 1 N–H and O–H groups in total. The molecule has 0 spiro atoms. The fourth-order valence-electron chi connectivity index (χ4n) is 3.75. The Hall–Kier alpha value is -2.84. The van der Waals surface area contributed by atoms with Crippen LogP contribution in [0.15, 0.2) is 51.7 Å². The van der Waals surface area contributed by atoms with E-state index in [4.69, 9.17) is 4.42 Å². The van der Waals surface area contributed by atoms with Gasteiger partial charge in [0, 0.05) is 32.7 Å². The first-order chi connectivity index (χ1) is 14.3. The average Bonchev–Trinajstić information content (AvgIpc) is 2.71. The maximum atomic E-state index is 13.9. The van der Waals surface area contributed by atoms with E-state index in [1.165, 1.54) is 24.3 Å². The van der Waals surface area contributed by atoms with E-state index in [9.17, 15) is 23.1 Å². The lowest BCUT2D eigenvalue weighted by molar-refractivity contribution is -0.152. The van der Waals surface area contributed by atoms with Gasteiger partial charge >= 0.3 is 6.18 Å². The number of benzene rings is 2. The largest absolute Gasteiger partial charge is 0.507 e. The smallest absolute Gasteiger partial charge is 0.450 e. The molecule has 30 heavy (non-hydrogen) atoms. The summed E-state index contributed by atoms with van der Waals surface area (Å²) < 4.78 is 46.9.